The number of hydrogen-bond donors (Lipinski definition) is 1. The number of unbranched alkanes of at least 4 members (excludes halogenated alkanes) is 1. The van der Waals surface area contributed by atoms with Crippen molar-refractivity contribution in [2.24, 2.45) is 0 Å². The molecule has 102 valence electrons. The van der Waals surface area contributed by atoms with Gasteiger partial charge in [0.2, 0.25) is 0 Å². The number of rotatable bonds is 6. The highest BCUT2D eigenvalue weighted by molar-refractivity contribution is 5.54. The molecule has 0 bridgehead atoms. The lowest BCUT2D eigenvalue weighted by atomic mass is 9.91. The summed E-state index contributed by atoms with van der Waals surface area (Å²) in [4.78, 5) is 0. The van der Waals surface area contributed by atoms with Crippen molar-refractivity contribution in [3.63, 3.8) is 0 Å². The maximum Gasteiger partial charge on any atom is 0.126 e. The molecular formula is C16H26O2. The van der Waals surface area contributed by atoms with E-state index in [1.807, 2.05) is 0 Å². The van der Waals surface area contributed by atoms with E-state index in [2.05, 4.69) is 34.6 Å². The summed E-state index contributed by atoms with van der Waals surface area (Å²) in [5.41, 5.74) is 6.57. The summed E-state index contributed by atoms with van der Waals surface area (Å²) in [5.74, 6) is 0.998. The molecule has 0 aliphatic heterocycles. The first-order valence-corrected chi connectivity index (χ1v) is 6.87. The maximum absolute atomic E-state index is 8.95. The molecule has 0 fully saturated rings. The van der Waals surface area contributed by atoms with Gasteiger partial charge in [0.25, 0.3) is 0 Å². The molecule has 2 heteroatoms. The van der Waals surface area contributed by atoms with Gasteiger partial charge in [-0.15, -0.1) is 0 Å². The van der Waals surface area contributed by atoms with Crippen LogP contribution in [-0.4, -0.2) is 18.3 Å². The molecule has 0 spiro atoms. The van der Waals surface area contributed by atoms with Gasteiger partial charge >= 0.3 is 0 Å². The van der Waals surface area contributed by atoms with Crippen LogP contribution in [0.1, 0.15) is 47.6 Å². The highest BCUT2D eigenvalue weighted by atomic mass is 16.5. The lowest BCUT2D eigenvalue weighted by Gasteiger charge is -2.20. The molecule has 0 saturated heterocycles. The van der Waals surface area contributed by atoms with Crippen molar-refractivity contribution in [3.05, 3.63) is 27.8 Å². The molecule has 0 atom stereocenters. The van der Waals surface area contributed by atoms with Crippen molar-refractivity contribution in [1.82, 2.24) is 0 Å². The molecule has 0 unspecified atom stereocenters. The third kappa shape index (κ3) is 3.05. The Balaban J connectivity index is 3.24. The Morgan fingerprint density at radius 3 is 2.11 bits per heavy atom. The van der Waals surface area contributed by atoms with Crippen LogP contribution >= 0.6 is 0 Å². The molecule has 0 aliphatic carbocycles. The normalized spacial score (nSPS) is 10.8. The standard InChI is InChI=1S/C16H26O2/c1-6-7-8-15-13(4)11(2)12(3)14(5)16(15)18-10-9-17/h17H,6-10H2,1-5H3. The molecular weight excluding hydrogens is 224 g/mol. The second-order valence-electron chi connectivity index (χ2n) is 4.98. The topological polar surface area (TPSA) is 29.5 Å². The Labute approximate surface area is 111 Å². The van der Waals surface area contributed by atoms with E-state index >= 15 is 0 Å². The van der Waals surface area contributed by atoms with E-state index in [0.29, 0.717) is 6.61 Å². The SMILES string of the molecule is CCCCc1c(C)c(C)c(C)c(C)c1OCCO. The minimum Gasteiger partial charge on any atom is -0.491 e. The van der Waals surface area contributed by atoms with Gasteiger partial charge in [0.1, 0.15) is 12.4 Å². The Morgan fingerprint density at radius 2 is 1.56 bits per heavy atom. The van der Waals surface area contributed by atoms with Crippen molar-refractivity contribution in [1.29, 1.82) is 0 Å². The van der Waals surface area contributed by atoms with Crippen molar-refractivity contribution in [2.45, 2.75) is 53.9 Å². The van der Waals surface area contributed by atoms with Gasteiger partial charge in [-0.05, 0) is 68.4 Å². The molecule has 2 nitrogen and oxygen atoms in total. The quantitative estimate of drug-likeness (QED) is 0.835. The number of hydrogen-bond acceptors (Lipinski definition) is 2. The van der Waals surface area contributed by atoms with Gasteiger partial charge in [0, 0.05) is 0 Å². The Morgan fingerprint density at radius 1 is 0.944 bits per heavy atom. The average molecular weight is 250 g/mol. The van der Waals surface area contributed by atoms with Crippen LogP contribution in [0.3, 0.4) is 0 Å². The van der Waals surface area contributed by atoms with E-state index in [-0.39, 0.29) is 6.61 Å². The fourth-order valence-corrected chi connectivity index (χ4v) is 2.35. The fraction of sp³-hybridized carbons (Fsp3) is 0.625. The van der Waals surface area contributed by atoms with Gasteiger partial charge in [-0.3, -0.25) is 0 Å². The third-order valence-corrected chi connectivity index (χ3v) is 3.87. The summed E-state index contributed by atoms with van der Waals surface area (Å²) in [5, 5.41) is 8.95. The molecule has 1 aromatic carbocycles. The van der Waals surface area contributed by atoms with E-state index in [1.54, 1.807) is 0 Å². The molecule has 0 aromatic heterocycles. The highest BCUT2D eigenvalue weighted by Gasteiger charge is 2.15. The fourth-order valence-electron chi connectivity index (χ4n) is 2.35. The molecule has 18 heavy (non-hydrogen) atoms. The number of ether oxygens (including phenoxy) is 1. The van der Waals surface area contributed by atoms with E-state index in [4.69, 9.17) is 9.84 Å². The lowest BCUT2D eigenvalue weighted by Crippen LogP contribution is -2.09. The summed E-state index contributed by atoms with van der Waals surface area (Å²) < 4.78 is 5.78. The van der Waals surface area contributed by atoms with Gasteiger partial charge in [-0.1, -0.05) is 13.3 Å². The zero-order chi connectivity index (χ0) is 13.7. The molecule has 0 amide bonds. The van der Waals surface area contributed by atoms with E-state index in [1.165, 1.54) is 40.7 Å². The van der Waals surface area contributed by atoms with Crippen molar-refractivity contribution in [2.75, 3.05) is 13.2 Å². The summed E-state index contributed by atoms with van der Waals surface area (Å²) in [6, 6.07) is 0. The van der Waals surface area contributed by atoms with Gasteiger partial charge < -0.3 is 9.84 Å². The first-order valence-electron chi connectivity index (χ1n) is 6.87. The predicted molar refractivity (Wildman–Crippen MR) is 76.6 cm³/mol. The van der Waals surface area contributed by atoms with Crippen LogP contribution in [0.5, 0.6) is 5.75 Å². The van der Waals surface area contributed by atoms with Gasteiger partial charge in [0.15, 0.2) is 0 Å². The molecule has 0 saturated carbocycles. The largest absolute Gasteiger partial charge is 0.491 e. The molecule has 1 aromatic rings. The second-order valence-corrected chi connectivity index (χ2v) is 4.98. The Hall–Kier alpha value is -1.02. The smallest absolute Gasteiger partial charge is 0.126 e. The molecule has 0 heterocycles. The first kappa shape index (κ1) is 15.0. The van der Waals surface area contributed by atoms with Crippen LogP contribution in [-0.2, 0) is 6.42 Å². The molecule has 0 aliphatic rings. The molecule has 1 N–H and O–H groups in total. The zero-order valence-electron chi connectivity index (χ0n) is 12.4. The third-order valence-electron chi connectivity index (χ3n) is 3.87. The van der Waals surface area contributed by atoms with Crippen LogP contribution in [0, 0.1) is 27.7 Å². The predicted octanol–water partition coefficient (Wildman–Crippen LogP) is 3.63. The number of aliphatic hydroxyl groups is 1. The highest BCUT2D eigenvalue weighted by Crippen LogP contribution is 2.33. The van der Waals surface area contributed by atoms with Crippen LogP contribution in [0.15, 0.2) is 0 Å². The van der Waals surface area contributed by atoms with E-state index < -0.39 is 0 Å². The van der Waals surface area contributed by atoms with Crippen molar-refractivity contribution < 1.29 is 9.84 Å². The van der Waals surface area contributed by atoms with Crippen molar-refractivity contribution >= 4 is 0 Å². The van der Waals surface area contributed by atoms with E-state index in [0.717, 1.165) is 12.2 Å². The van der Waals surface area contributed by atoms with Gasteiger partial charge in [-0.2, -0.15) is 0 Å². The zero-order valence-corrected chi connectivity index (χ0v) is 12.4. The molecule has 1 rings (SSSR count). The summed E-state index contributed by atoms with van der Waals surface area (Å²) >= 11 is 0. The number of aliphatic hydroxyl groups excluding tert-OH is 1. The van der Waals surface area contributed by atoms with Crippen LogP contribution < -0.4 is 4.74 Å². The van der Waals surface area contributed by atoms with Crippen molar-refractivity contribution in [3.8, 4) is 5.75 Å². The lowest BCUT2D eigenvalue weighted by molar-refractivity contribution is 0.199. The van der Waals surface area contributed by atoms with Crippen LogP contribution in [0.25, 0.3) is 0 Å². The summed E-state index contributed by atoms with van der Waals surface area (Å²) in [6.07, 6.45) is 3.42. The van der Waals surface area contributed by atoms with Crippen LogP contribution in [0.2, 0.25) is 0 Å². The first-order chi connectivity index (χ1) is 8.54. The van der Waals surface area contributed by atoms with Gasteiger partial charge in [-0.25, -0.2) is 0 Å². The maximum atomic E-state index is 8.95. The Bertz CT molecular complexity index is 369. The minimum atomic E-state index is 0.0681. The Kier molecular flexibility index (Phi) is 5.67. The summed E-state index contributed by atoms with van der Waals surface area (Å²) in [6.45, 7) is 11.3. The minimum absolute atomic E-state index is 0.0681. The summed E-state index contributed by atoms with van der Waals surface area (Å²) in [7, 11) is 0. The second kappa shape index (κ2) is 6.79. The monoisotopic (exact) mass is 250 g/mol. The molecule has 0 radical (unpaired) electrons. The number of benzene rings is 1. The van der Waals surface area contributed by atoms with Crippen LogP contribution in [0.4, 0.5) is 0 Å². The van der Waals surface area contributed by atoms with E-state index in [9.17, 15) is 0 Å². The van der Waals surface area contributed by atoms with Gasteiger partial charge in [0.05, 0.1) is 6.61 Å². The average Bonchev–Trinajstić information content (AvgIpc) is 2.38.